The zero-order valence-corrected chi connectivity index (χ0v) is 50.2. The fourth-order valence-corrected chi connectivity index (χ4v) is 10.5. The van der Waals surface area contributed by atoms with Gasteiger partial charge in [-0.1, -0.05) is 306 Å². The Morgan fingerprint density at radius 3 is 1.19 bits per heavy atom. The van der Waals surface area contributed by atoms with Crippen LogP contribution in [-0.4, -0.2) is 87.5 Å². The minimum atomic E-state index is -1.55. The highest BCUT2D eigenvalue weighted by Gasteiger charge is 2.44. The summed E-state index contributed by atoms with van der Waals surface area (Å²) in [5.41, 5.74) is 0. The molecule has 1 aliphatic rings. The average molecular weight is 1080 g/mol. The minimum absolute atomic E-state index is 0.136. The first-order valence-electron chi connectivity index (χ1n) is 33.0. The molecule has 1 saturated heterocycles. The SMILES string of the molecule is CC/C=C\C/C=C\C/C=C\C/C=C\C/C=C\CCCCCCCCCCCCCCCCCCCC(=O)NC(COC1OC(CO)C(O)C(O)C1O)C(O)CCCCCCCCCCCCCCCCCCCCCCC. The summed E-state index contributed by atoms with van der Waals surface area (Å²) in [6, 6.07) is -0.721. The predicted octanol–water partition coefficient (Wildman–Crippen LogP) is 17.4. The molecule has 9 nitrogen and oxygen atoms in total. The molecule has 0 aromatic carbocycles. The number of hydrogen-bond acceptors (Lipinski definition) is 8. The van der Waals surface area contributed by atoms with E-state index < -0.39 is 49.5 Å². The Morgan fingerprint density at radius 2 is 0.805 bits per heavy atom. The Balaban J connectivity index is 2.12. The zero-order chi connectivity index (χ0) is 55.8. The van der Waals surface area contributed by atoms with Gasteiger partial charge in [-0.3, -0.25) is 4.79 Å². The second-order valence-corrected chi connectivity index (χ2v) is 22.9. The van der Waals surface area contributed by atoms with Gasteiger partial charge in [0, 0.05) is 6.42 Å². The molecule has 0 radical (unpaired) electrons. The van der Waals surface area contributed by atoms with E-state index in [-0.39, 0.29) is 12.5 Å². The molecule has 1 heterocycles. The first kappa shape index (κ1) is 72.9. The van der Waals surface area contributed by atoms with Crippen LogP contribution in [0.1, 0.15) is 309 Å². The van der Waals surface area contributed by atoms with E-state index in [0.717, 1.165) is 70.6 Å². The van der Waals surface area contributed by atoms with Crippen molar-refractivity contribution in [1.29, 1.82) is 0 Å². The van der Waals surface area contributed by atoms with E-state index in [1.54, 1.807) is 0 Å². The van der Waals surface area contributed by atoms with Crippen LogP contribution in [0.5, 0.6) is 0 Å². The van der Waals surface area contributed by atoms with Crippen LogP contribution in [0, 0.1) is 0 Å². The number of ether oxygens (including phenoxy) is 2. The van der Waals surface area contributed by atoms with Gasteiger partial charge >= 0.3 is 0 Å². The molecule has 0 aromatic rings. The smallest absolute Gasteiger partial charge is 0.220 e. The standard InChI is InChI=1S/C68H125NO8/c1-3-5-7-9-11-13-15-17-19-21-23-25-26-27-28-29-30-31-32-33-34-35-36-38-40-42-44-46-48-50-52-54-56-58-64(72)69-61(60-76-68-67(75)66(74)65(73)63(59-70)77-68)62(71)57-55-53-51-49-47-45-43-41-39-37-24-22-20-18-16-14-12-10-8-6-4-2/h5,7,11,13,17,19,23,25,27-28,61-63,65-68,70-71,73-75H,3-4,6,8-10,12,14-16,18,20-22,24,26,29-60H2,1-2H3,(H,69,72)/b7-5-,13-11-,19-17-,25-23-,28-27-. The molecule has 1 rings (SSSR count). The second kappa shape index (κ2) is 57.1. The van der Waals surface area contributed by atoms with E-state index in [9.17, 15) is 30.3 Å². The number of allylic oxidation sites excluding steroid dienone is 10. The lowest BCUT2D eigenvalue weighted by molar-refractivity contribution is -0.302. The highest BCUT2D eigenvalue weighted by Crippen LogP contribution is 2.23. The highest BCUT2D eigenvalue weighted by atomic mass is 16.7. The number of rotatable bonds is 57. The molecule has 0 bridgehead atoms. The van der Waals surface area contributed by atoms with E-state index in [0.29, 0.717) is 12.8 Å². The van der Waals surface area contributed by atoms with Crippen molar-refractivity contribution in [3.63, 3.8) is 0 Å². The van der Waals surface area contributed by atoms with Gasteiger partial charge < -0.3 is 40.3 Å². The Bertz CT molecular complexity index is 1400. The van der Waals surface area contributed by atoms with Crippen LogP contribution in [0.15, 0.2) is 60.8 Å². The summed E-state index contributed by atoms with van der Waals surface area (Å²) in [6.07, 6.45) is 71.3. The number of nitrogens with one attached hydrogen (secondary N) is 1. The lowest BCUT2D eigenvalue weighted by atomic mass is 9.99. The van der Waals surface area contributed by atoms with Crippen LogP contribution in [0.25, 0.3) is 0 Å². The monoisotopic (exact) mass is 1080 g/mol. The molecule has 6 N–H and O–H groups in total. The average Bonchev–Trinajstić information content (AvgIpc) is 3.43. The summed E-state index contributed by atoms with van der Waals surface area (Å²) in [5.74, 6) is -0.140. The van der Waals surface area contributed by atoms with Crippen molar-refractivity contribution >= 4 is 5.91 Å². The van der Waals surface area contributed by atoms with Gasteiger partial charge in [0.1, 0.15) is 24.4 Å². The lowest BCUT2D eigenvalue weighted by Gasteiger charge is -2.40. The molecule has 77 heavy (non-hydrogen) atoms. The van der Waals surface area contributed by atoms with Gasteiger partial charge in [0.2, 0.25) is 5.91 Å². The van der Waals surface area contributed by atoms with Crippen LogP contribution in [0.4, 0.5) is 0 Å². The third-order valence-corrected chi connectivity index (χ3v) is 15.6. The third kappa shape index (κ3) is 46.2. The van der Waals surface area contributed by atoms with E-state index >= 15 is 0 Å². The van der Waals surface area contributed by atoms with Gasteiger partial charge in [0.25, 0.3) is 0 Å². The fraction of sp³-hybridized carbons (Fsp3) is 0.838. The van der Waals surface area contributed by atoms with Gasteiger partial charge in [-0.15, -0.1) is 0 Å². The normalized spacial score (nSPS) is 19.1. The van der Waals surface area contributed by atoms with E-state index in [2.05, 4.69) is 79.9 Å². The topological polar surface area (TPSA) is 149 Å². The van der Waals surface area contributed by atoms with Crippen molar-refractivity contribution in [2.24, 2.45) is 0 Å². The van der Waals surface area contributed by atoms with Crippen molar-refractivity contribution in [3.8, 4) is 0 Å². The largest absolute Gasteiger partial charge is 0.394 e. The number of aliphatic hydroxyl groups is 5. The Labute approximate surface area is 475 Å². The molecule has 1 amide bonds. The Hall–Kier alpha value is -2.11. The van der Waals surface area contributed by atoms with Crippen molar-refractivity contribution in [1.82, 2.24) is 5.32 Å². The van der Waals surface area contributed by atoms with Crippen LogP contribution < -0.4 is 5.32 Å². The first-order chi connectivity index (χ1) is 37.8. The number of unbranched alkanes of at least 4 members (excludes halogenated alkanes) is 37. The van der Waals surface area contributed by atoms with Crippen LogP contribution in [0.3, 0.4) is 0 Å². The minimum Gasteiger partial charge on any atom is -0.394 e. The molecule has 0 aromatic heterocycles. The van der Waals surface area contributed by atoms with Gasteiger partial charge in [0.05, 0.1) is 25.4 Å². The summed E-state index contributed by atoms with van der Waals surface area (Å²) in [5, 5.41) is 54.9. The first-order valence-corrected chi connectivity index (χ1v) is 33.0. The lowest BCUT2D eigenvalue weighted by Crippen LogP contribution is -2.60. The van der Waals surface area contributed by atoms with Gasteiger partial charge in [-0.2, -0.15) is 0 Å². The zero-order valence-electron chi connectivity index (χ0n) is 50.2. The van der Waals surface area contributed by atoms with Crippen LogP contribution in [-0.2, 0) is 14.3 Å². The quantitative estimate of drug-likeness (QED) is 0.0261. The Morgan fingerprint density at radius 1 is 0.455 bits per heavy atom. The number of amides is 1. The maximum absolute atomic E-state index is 13.1. The maximum Gasteiger partial charge on any atom is 0.220 e. The molecule has 1 aliphatic heterocycles. The summed E-state index contributed by atoms with van der Waals surface area (Å²) in [6.45, 7) is 3.76. The van der Waals surface area contributed by atoms with Crippen molar-refractivity contribution < 1.29 is 39.8 Å². The summed E-state index contributed by atoms with van der Waals surface area (Å²) in [7, 11) is 0. The summed E-state index contributed by atoms with van der Waals surface area (Å²) in [4.78, 5) is 13.1. The summed E-state index contributed by atoms with van der Waals surface area (Å²) < 4.78 is 11.4. The van der Waals surface area contributed by atoms with Gasteiger partial charge in [-0.25, -0.2) is 0 Å². The molecule has 7 atom stereocenters. The molecule has 1 fully saturated rings. The van der Waals surface area contributed by atoms with Crippen molar-refractivity contribution in [3.05, 3.63) is 60.8 Å². The Kier molecular flexibility index (Phi) is 54.1. The molecule has 0 aliphatic carbocycles. The fourth-order valence-electron chi connectivity index (χ4n) is 10.5. The molecule has 0 spiro atoms. The van der Waals surface area contributed by atoms with E-state index in [1.807, 2.05) is 0 Å². The van der Waals surface area contributed by atoms with Crippen molar-refractivity contribution in [2.75, 3.05) is 13.2 Å². The molecule has 7 unspecified atom stereocenters. The number of carbonyl (C=O) groups is 1. The van der Waals surface area contributed by atoms with Crippen LogP contribution in [0.2, 0.25) is 0 Å². The van der Waals surface area contributed by atoms with Crippen LogP contribution >= 0.6 is 0 Å². The predicted molar refractivity (Wildman–Crippen MR) is 327 cm³/mol. The van der Waals surface area contributed by atoms with Gasteiger partial charge in [0.15, 0.2) is 6.29 Å². The molecule has 9 heteroatoms. The molecule has 450 valence electrons. The van der Waals surface area contributed by atoms with E-state index in [4.69, 9.17) is 9.47 Å². The number of aliphatic hydroxyl groups excluding tert-OH is 5. The van der Waals surface area contributed by atoms with Crippen molar-refractivity contribution in [2.45, 2.75) is 352 Å². The third-order valence-electron chi connectivity index (χ3n) is 15.6. The second-order valence-electron chi connectivity index (χ2n) is 22.9. The van der Waals surface area contributed by atoms with E-state index in [1.165, 1.54) is 212 Å². The summed E-state index contributed by atoms with van der Waals surface area (Å²) >= 11 is 0. The molecular formula is C68H125NO8. The number of hydrogen-bond donors (Lipinski definition) is 6. The van der Waals surface area contributed by atoms with Gasteiger partial charge in [-0.05, 0) is 57.8 Å². The molecule has 0 saturated carbocycles. The number of carbonyl (C=O) groups excluding carboxylic acids is 1. The maximum atomic E-state index is 13.1. The highest BCUT2D eigenvalue weighted by molar-refractivity contribution is 5.76. The molecular weight excluding hydrogens is 959 g/mol.